The van der Waals surface area contributed by atoms with E-state index in [1.807, 2.05) is 4.90 Å². The molecule has 33 heavy (non-hydrogen) atoms. The molecule has 3 amide bonds. The molecule has 6 heteroatoms. The number of nitrogens with zero attached hydrogens (tertiary/aromatic N) is 2. The minimum Gasteiger partial charge on any atom is -0.338 e. The number of nitrogens with one attached hydrogen (secondary N) is 1. The van der Waals surface area contributed by atoms with Gasteiger partial charge in [-0.15, -0.1) is 0 Å². The molecular formula is C27H49N3O3. The highest BCUT2D eigenvalue weighted by atomic mass is 16.2. The third-order valence-corrected chi connectivity index (χ3v) is 8.74. The largest absolute Gasteiger partial charge is 0.338 e. The van der Waals surface area contributed by atoms with Crippen LogP contribution >= 0.6 is 0 Å². The van der Waals surface area contributed by atoms with Gasteiger partial charge in [0.15, 0.2) is 5.78 Å². The number of Topliss-reactive ketones (excluding diaryl/α,β-unsaturated/α-hetero) is 1. The number of rotatable bonds is 12. The van der Waals surface area contributed by atoms with E-state index >= 15 is 0 Å². The van der Waals surface area contributed by atoms with Crippen LogP contribution in [0.4, 0.5) is 4.79 Å². The van der Waals surface area contributed by atoms with E-state index in [1.165, 1.54) is 0 Å². The average molecular weight is 464 g/mol. The number of urea groups is 1. The van der Waals surface area contributed by atoms with Gasteiger partial charge in [-0.3, -0.25) is 9.59 Å². The maximum absolute atomic E-state index is 13.5. The Kier molecular flexibility index (Phi) is 10.2. The zero-order valence-corrected chi connectivity index (χ0v) is 22.2. The quantitative estimate of drug-likeness (QED) is 0.413. The summed E-state index contributed by atoms with van der Waals surface area (Å²) in [4.78, 5) is 43.2. The molecule has 0 radical (unpaired) electrons. The van der Waals surface area contributed by atoms with Gasteiger partial charge in [0.1, 0.15) is 0 Å². The van der Waals surface area contributed by atoms with Crippen LogP contribution in [0.25, 0.3) is 0 Å². The first-order chi connectivity index (χ1) is 15.6. The Morgan fingerprint density at radius 3 is 1.91 bits per heavy atom. The van der Waals surface area contributed by atoms with Crippen LogP contribution in [-0.2, 0) is 9.59 Å². The maximum atomic E-state index is 13.5. The van der Waals surface area contributed by atoms with Crippen LogP contribution in [0.2, 0.25) is 0 Å². The maximum Gasteiger partial charge on any atom is 0.318 e. The van der Waals surface area contributed by atoms with Crippen molar-refractivity contribution in [3.05, 3.63) is 0 Å². The van der Waals surface area contributed by atoms with Gasteiger partial charge in [-0.25, -0.2) is 4.79 Å². The molecule has 0 aromatic heterocycles. The van der Waals surface area contributed by atoms with Crippen LogP contribution < -0.4 is 5.32 Å². The Morgan fingerprint density at radius 2 is 1.36 bits per heavy atom. The molecule has 3 atom stereocenters. The number of hydrogen-bond acceptors (Lipinski definition) is 3. The molecule has 2 aliphatic heterocycles. The van der Waals surface area contributed by atoms with Crippen LogP contribution in [0, 0.1) is 10.8 Å². The van der Waals surface area contributed by atoms with Crippen molar-refractivity contribution >= 4 is 17.7 Å². The summed E-state index contributed by atoms with van der Waals surface area (Å²) >= 11 is 0. The van der Waals surface area contributed by atoms with Crippen LogP contribution in [-0.4, -0.2) is 59.2 Å². The fourth-order valence-electron chi connectivity index (χ4n) is 5.51. The molecule has 1 N–H and O–H groups in total. The van der Waals surface area contributed by atoms with E-state index in [2.05, 4.69) is 46.9 Å². The lowest BCUT2D eigenvalue weighted by Crippen LogP contribution is -2.52. The van der Waals surface area contributed by atoms with Crippen LogP contribution in [0.3, 0.4) is 0 Å². The lowest BCUT2D eigenvalue weighted by molar-refractivity contribution is -0.140. The van der Waals surface area contributed by atoms with Crippen molar-refractivity contribution in [2.45, 2.75) is 124 Å². The molecule has 0 aromatic carbocycles. The van der Waals surface area contributed by atoms with E-state index in [9.17, 15) is 14.4 Å². The zero-order valence-electron chi connectivity index (χ0n) is 22.2. The van der Waals surface area contributed by atoms with Gasteiger partial charge in [0.2, 0.25) is 5.91 Å². The van der Waals surface area contributed by atoms with Crippen molar-refractivity contribution in [1.29, 1.82) is 0 Å². The Balaban J connectivity index is 1.98. The fraction of sp³-hybridized carbons (Fsp3) is 0.889. The van der Waals surface area contributed by atoms with Crippen molar-refractivity contribution in [2.75, 3.05) is 19.6 Å². The van der Waals surface area contributed by atoms with Crippen molar-refractivity contribution in [2.24, 2.45) is 10.8 Å². The highest BCUT2D eigenvalue weighted by molar-refractivity contribution is 5.95. The summed E-state index contributed by atoms with van der Waals surface area (Å²) in [6.07, 6.45) is 9.88. The van der Waals surface area contributed by atoms with Gasteiger partial charge in [0, 0.05) is 26.1 Å². The van der Waals surface area contributed by atoms with Crippen molar-refractivity contribution in [3.63, 3.8) is 0 Å². The summed E-state index contributed by atoms with van der Waals surface area (Å²) in [5.74, 6) is 0.161. The summed E-state index contributed by atoms with van der Waals surface area (Å²) in [5, 5.41) is 3.08. The Morgan fingerprint density at radius 1 is 0.818 bits per heavy atom. The topological polar surface area (TPSA) is 69.7 Å². The molecular weight excluding hydrogens is 414 g/mol. The first-order valence-corrected chi connectivity index (χ1v) is 13.5. The van der Waals surface area contributed by atoms with Crippen molar-refractivity contribution in [3.8, 4) is 0 Å². The molecule has 0 aliphatic carbocycles. The van der Waals surface area contributed by atoms with Gasteiger partial charge in [0.05, 0.1) is 12.1 Å². The highest BCUT2D eigenvalue weighted by Crippen LogP contribution is 2.33. The smallest absolute Gasteiger partial charge is 0.318 e. The first kappa shape index (κ1) is 27.7. The lowest BCUT2D eigenvalue weighted by Gasteiger charge is -2.33. The van der Waals surface area contributed by atoms with E-state index in [0.29, 0.717) is 32.5 Å². The first-order valence-electron chi connectivity index (χ1n) is 13.5. The van der Waals surface area contributed by atoms with Gasteiger partial charge in [-0.05, 0) is 49.4 Å². The van der Waals surface area contributed by atoms with E-state index in [4.69, 9.17) is 0 Å². The molecule has 6 nitrogen and oxygen atoms in total. The van der Waals surface area contributed by atoms with E-state index in [-0.39, 0.29) is 34.6 Å². The van der Waals surface area contributed by atoms with Gasteiger partial charge < -0.3 is 15.1 Å². The van der Waals surface area contributed by atoms with Crippen molar-refractivity contribution in [1.82, 2.24) is 15.1 Å². The second kappa shape index (κ2) is 12.2. The minimum absolute atomic E-state index is 0.0166. The summed E-state index contributed by atoms with van der Waals surface area (Å²) < 4.78 is 0. The molecule has 2 aliphatic rings. The minimum atomic E-state index is -0.402. The third-order valence-electron chi connectivity index (χ3n) is 8.74. The summed E-state index contributed by atoms with van der Waals surface area (Å²) in [7, 11) is 0. The molecule has 2 saturated heterocycles. The van der Waals surface area contributed by atoms with Gasteiger partial charge in [0.25, 0.3) is 0 Å². The number of ketones is 1. The number of hydrogen-bond donors (Lipinski definition) is 1. The third kappa shape index (κ3) is 6.95. The number of amides is 3. The van der Waals surface area contributed by atoms with Gasteiger partial charge in [-0.1, -0.05) is 67.2 Å². The predicted octanol–water partition coefficient (Wildman–Crippen LogP) is 5.54. The monoisotopic (exact) mass is 463 g/mol. The molecule has 0 aromatic rings. The van der Waals surface area contributed by atoms with Gasteiger partial charge >= 0.3 is 6.03 Å². The molecule has 190 valence electrons. The van der Waals surface area contributed by atoms with Gasteiger partial charge in [-0.2, -0.15) is 0 Å². The Labute approximate surface area is 202 Å². The van der Waals surface area contributed by atoms with E-state index in [0.717, 1.165) is 57.8 Å². The average Bonchev–Trinajstić information content (AvgIpc) is 3.48. The number of likely N-dealkylation sites (tertiary alicyclic amines) is 2. The van der Waals surface area contributed by atoms with Crippen LogP contribution in [0.1, 0.15) is 112 Å². The molecule has 0 spiro atoms. The second-order valence-corrected chi connectivity index (χ2v) is 11.1. The molecule has 2 rings (SSSR count). The van der Waals surface area contributed by atoms with Crippen molar-refractivity contribution < 1.29 is 14.4 Å². The normalized spacial score (nSPS) is 23.0. The molecule has 0 bridgehead atoms. The second-order valence-electron chi connectivity index (χ2n) is 11.1. The molecule has 0 saturated carbocycles. The predicted molar refractivity (Wildman–Crippen MR) is 134 cm³/mol. The Bertz CT molecular complexity index is 676. The van der Waals surface area contributed by atoms with Crippen LogP contribution in [0.15, 0.2) is 0 Å². The fourth-order valence-corrected chi connectivity index (χ4v) is 5.51. The number of carbonyl (C=O) groups excluding carboxylic acids is 3. The standard InChI is InChI=1S/C27H49N3O3/c1-7-15-27(6,10-4)16-17-28-25(33)30-19-12-14-22(30)24(32)21-13-11-18-29(21)23(31)20-26(5,8-2)9-3/h21-22H,7-20H2,1-6H3,(H,28,33). The van der Waals surface area contributed by atoms with Crippen LogP contribution in [0.5, 0.6) is 0 Å². The highest BCUT2D eigenvalue weighted by Gasteiger charge is 2.43. The summed E-state index contributed by atoms with van der Waals surface area (Å²) in [6.45, 7) is 15.0. The zero-order chi connectivity index (χ0) is 24.6. The summed E-state index contributed by atoms with van der Waals surface area (Å²) in [6, 6.07) is -0.900. The SMILES string of the molecule is CCCC(C)(CC)CCNC(=O)N1CCCC1C(=O)C1CCCN1C(=O)CC(C)(CC)CC. The number of carbonyl (C=O) groups is 3. The summed E-state index contributed by atoms with van der Waals surface area (Å²) in [5.41, 5.74) is 0.232. The van der Waals surface area contributed by atoms with E-state index < -0.39 is 6.04 Å². The van der Waals surface area contributed by atoms with E-state index in [1.54, 1.807) is 4.90 Å². The molecule has 3 unspecified atom stereocenters. The lowest BCUT2D eigenvalue weighted by atomic mass is 9.80. The molecule has 2 fully saturated rings. The Hall–Kier alpha value is -1.59. The molecule has 2 heterocycles.